The fourth-order valence-corrected chi connectivity index (χ4v) is 2.85. The van der Waals surface area contributed by atoms with Crippen LogP contribution in [0.25, 0.3) is 0 Å². The van der Waals surface area contributed by atoms with Crippen LogP contribution in [0.4, 0.5) is 5.69 Å². The van der Waals surface area contributed by atoms with Crippen LogP contribution in [0.1, 0.15) is 13.8 Å². The number of benzene rings is 1. The maximum absolute atomic E-state index is 11.8. The zero-order chi connectivity index (χ0) is 13.8. The van der Waals surface area contributed by atoms with Crippen molar-refractivity contribution in [1.82, 2.24) is 0 Å². The quantitative estimate of drug-likeness (QED) is 0.681. The molecule has 1 aromatic rings. The van der Waals surface area contributed by atoms with E-state index in [1.54, 1.807) is 12.1 Å². The number of hydrogen-bond donors (Lipinski definition) is 1. The van der Waals surface area contributed by atoms with Crippen LogP contribution in [0.15, 0.2) is 22.7 Å². The number of hydrogen-bond acceptors (Lipinski definition) is 3. The molecule has 0 radical (unpaired) electrons. The molecule has 4 nitrogen and oxygen atoms in total. The second kappa shape index (κ2) is 7.06. The molecule has 0 aliphatic rings. The summed E-state index contributed by atoms with van der Waals surface area (Å²) in [5, 5.41) is 0. The van der Waals surface area contributed by atoms with Crippen molar-refractivity contribution in [3.05, 3.63) is 26.2 Å². The fraction of sp³-hybridized carbons (Fsp3) is 0.455. The van der Waals surface area contributed by atoms with E-state index in [0.717, 1.165) is 8.04 Å². The maximum Gasteiger partial charge on any atom is 0.235 e. The zero-order valence-electron chi connectivity index (χ0n) is 10.1. The molecule has 1 N–H and O–H groups in total. The van der Waals surface area contributed by atoms with E-state index in [1.807, 2.05) is 19.9 Å². The molecule has 0 saturated carbocycles. The van der Waals surface area contributed by atoms with Gasteiger partial charge < -0.3 is 4.74 Å². The molecule has 18 heavy (non-hydrogen) atoms. The van der Waals surface area contributed by atoms with E-state index in [1.165, 1.54) is 0 Å². The Kier molecular flexibility index (Phi) is 6.36. The van der Waals surface area contributed by atoms with Gasteiger partial charge in [-0.05, 0) is 70.6 Å². The van der Waals surface area contributed by atoms with E-state index in [4.69, 9.17) is 4.74 Å². The lowest BCUT2D eigenvalue weighted by molar-refractivity contribution is 0.0913. The summed E-state index contributed by atoms with van der Waals surface area (Å²) in [4.78, 5) is 0. The summed E-state index contributed by atoms with van der Waals surface area (Å²) >= 11 is 5.49. The van der Waals surface area contributed by atoms with E-state index >= 15 is 0 Å². The molecule has 1 rings (SSSR count). The summed E-state index contributed by atoms with van der Waals surface area (Å²) in [6, 6.07) is 5.29. The van der Waals surface area contributed by atoms with Gasteiger partial charge in [0, 0.05) is 13.7 Å². The Morgan fingerprint density at radius 3 is 2.67 bits per heavy atom. The van der Waals surface area contributed by atoms with Gasteiger partial charge in [-0.15, -0.1) is 0 Å². The van der Waals surface area contributed by atoms with E-state index in [2.05, 4.69) is 43.2 Å². The van der Waals surface area contributed by atoms with Crippen LogP contribution in [0, 0.1) is 3.57 Å². The molecule has 0 heterocycles. The van der Waals surface area contributed by atoms with Gasteiger partial charge in [-0.1, -0.05) is 0 Å². The predicted molar refractivity (Wildman–Crippen MR) is 85.4 cm³/mol. The Labute approximate surface area is 130 Å². The topological polar surface area (TPSA) is 55.4 Å². The Hall–Kier alpha value is 0.140. The first-order chi connectivity index (χ1) is 8.30. The average Bonchev–Trinajstić information content (AvgIpc) is 2.22. The first-order valence-electron chi connectivity index (χ1n) is 5.37. The fourth-order valence-electron chi connectivity index (χ4n) is 1.18. The van der Waals surface area contributed by atoms with E-state index < -0.39 is 10.0 Å². The summed E-state index contributed by atoms with van der Waals surface area (Å²) in [7, 11) is -3.35. The van der Waals surface area contributed by atoms with E-state index in [9.17, 15) is 8.42 Å². The van der Waals surface area contributed by atoms with Gasteiger partial charge in [-0.3, -0.25) is 4.72 Å². The number of anilines is 1. The maximum atomic E-state index is 11.8. The van der Waals surface area contributed by atoms with Crippen LogP contribution in [0.2, 0.25) is 0 Å². The third kappa shape index (κ3) is 5.85. The molecule has 0 aliphatic carbocycles. The number of halogens is 2. The molecule has 0 saturated heterocycles. The third-order valence-electron chi connectivity index (χ3n) is 2.00. The molecule has 0 amide bonds. The van der Waals surface area contributed by atoms with Crippen molar-refractivity contribution in [3.63, 3.8) is 0 Å². The van der Waals surface area contributed by atoms with E-state index in [0.29, 0.717) is 5.69 Å². The Morgan fingerprint density at radius 1 is 1.44 bits per heavy atom. The number of rotatable bonds is 6. The molecule has 102 valence electrons. The first-order valence-corrected chi connectivity index (χ1v) is 8.90. The molecular weight excluding hydrogens is 433 g/mol. The Morgan fingerprint density at radius 2 is 2.11 bits per heavy atom. The largest absolute Gasteiger partial charge is 0.378 e. The summed E-state index contributed by atoms with van der Waals surface area (Å²) < 4.78 is 33.2. The molecule has 7 heteroatoms. The Bertz CT molecular complexity index is 505. The highest BCUT2D eigenvalue weighted by atomic mass is 127. The average molecular weight is 448 g/mol. The Balaban J connectivity index is 2.62. The van der Waals surface area contributed by atoms with Gasteiger partial charge in [-0.2, -0.15) is 0 Å². The van der Waals surface area contributed by atoms with Crippen molar-refractivity contribution in [2.24, 2.45) is 0 Å². The number of sulfonamides is 1. The monoisotopic (exact) mass is 447 g/mol. The minimum Gasteiger partial charge on any atom is -0.378 e. The second-order valence-corrected chi connectivity index (χ2v) is 7.83. The van der Waals surface area contributed by atoms with Gasteiger partial charge >= 0.3 is 0 Å². The SMILES string of the molecule is CC(C)OCCS(=O)(=O)Nc1ccc(Br)c(I)c1. The van der Waals surface area contributed by atoms with Crippen molar-refractivity contribution >= 4 is 54.2 Å². The van der Waals surface area contributed by atoms with Gasteiger partial charge in [0.2, 0.25) is 10.0 Å². The zero-order valence-corrected chi connectivity index (χ0v) is 14.7. The van der Waals surface area contributed by atoms with Gasteiger partial charge in [-0.25, -0.2) is 8.42 Å². The lowest BCUT2D eigenvalue weighted by atomic mass is 10.3. The van der Waals surface area contributed by atoms with Crippen molar-refractivity contribution < 1.29 is 13.2 Å². The molecule has 0 atom stereocenters. The minimum absolute atomic E-state index is 0.0360. The van der Waals surface area contributed by atoms with Gasteiger partial charge in [0.05, 0.1) is 18.5 Å². The van der Waals surface area contributed by atoms with E-state index in [-0.39, 0.29) is 18.5 Å². The van der Waals surface area contributed by atoms with Crippen LogP contribution >= 0.6 is 38.5 Å². The number of nitrogens with one attached hydrogen (secondary N) is 1. The standard InChI is InChI=1S/C11H15BrINO3S/c1-8(2)17-5-6-18(15,16)14-9-3-4-10(12)11(13)7-9/h3-4,7-8,14H,5-6H2,1-2H3. The second-order valence-electron chi connectivity index (χ2n) is 3.97. The highest BCUT2D eigenvalue weighted by Crippen LogP contribution is 2.23. The molecule has 1 aromatic carbocycles. The summed E-state index contributed by atoms with van der Waals surface area (Å²) in [5.41, 5.74) is 0.562. The van der Waals surface area contributed by atoms with Gasteiger partial charge in [0.1, 0.15) is 0 Å². The summed E-state index contributed by atoms with van der Waals surface area (Å²) in [6.45, 7) is 3.94. The van der Waals surface area contributed by atoms with Crippen molar-refractivity contribution in [1.29, 1.82) is 0 Å². The van der Waals surface area contributed by atoms with Gasteiger partial charge in [0.15, 0.2) is 0 Å². The van der Waals surface area contributed by atoms with Gasteiger partial charge in [0.25, 0.3) is 0 Å². The van der Waals surface area contributed by atoms with Crippen LogP contribution in [-0.4, -0.2) is 26.9 Å². The third-order valence-corrected chi connectivity index (χ3v) is 5.57. The lowest BCUT2D eigenvalue weighted by Gasteiger charge is -2.10. The normalized spacial score (nSPS) is 11.8. The van der Waals surface area contributed by atoms with Crippen molar-refractivity contribution in [2.45, 2.75) is 20.0 Å². The molecular formula is C11H15BrINO3S. The van der Waals surface area contributed by atoms with Crippen LogP contribution in [0.5, 0.6) is 0 Å². The molecule has 0 fully saturated rings. The smallest absolute Gasteiger partial charge is 0.235 e. The van der Waals surface area contributed by atoms with Crippen molar-refractivity contribution in [2.75, 3.05) is 17.1 Å². The highest BCUT2D eigenvalue weighted by Gasteiger charge is 2.11. The number of ether oxygens (including phenoxy) is 1. The molecule has 0 aliphatic heterocycles. The van der Waals surface area contributed by atoms with Crippen molar-refractivity contribution in [3.8, 4) is 0 Å². The molecule has 0 unspecified atom stereocenters. The molecule has 0 bridgehead atoms. The lowest BCUT2D eigenvalue weighted by Crippen LogP contribution is -2.21. The molecule has 0 aromatic heterocycles. The summed E-state index contributed by atoms with van der Waals surface area (Å²) in [5.74, 6) is -0.0438. The first kappa shape index (κ1) is 16.2. The minimum atomic E-state index is -3.35. The summed E-state index contributed by atoms with van der Waals surface area (Å²) in [6.07, 6.45) is 0.0360. The highest BCUT2D eigenvalue weighted by molar-refractivity contribution is 14.1. The molecule has 0 spiro atoms. The van der Waals surface area contributed by atoms with Crippen LogP contribution < -0.4 is 4.72 Å². The predicted octanol–water partition coefficient (Wildman–Crippen LogP) is 3.22. The van der Waals surface area contributed by atoms with Crippen LogP contribution in [-0.2, 0) is 14.8 Å². The van der Waals surface area contributed by atoms with Crippen LogP contribution in [0.3, 0.4) is 0 Å².